The van der Waals surface area contributed by atoms with Gasteiger partial charge in [0.05, 0.1) is 4.47 Å². The molecule has 64 valence electrons. The van der Waals surface area contributed by atoms with Crippen molar-refractivity contribution in [3.8, 4) is 5.75 Å². The van der Waals surface area contributed by atoms with Gasteiger partial charge in [0, 0.05) is 5.33 Å². The molecule has 1 nitrogen and oxygen atoms in total. The Labute approximate surface area is 88.4 Å². The van der Waals surface area contributed by atoms with Crippen LogP contribution in [-0.2, 0) is 0 Å². The molecular formula is C9H8Br2O. The molecule has 0 saturated heterocycles. The summed E-state index contributed by atoms with van der Waals surface area (Å²) in [5, 5.41) is 10.0. The maximum Gasteiger partial charge on any atom is 0.129 e. The second-order valence-corrected chi connectivity index (χ2v) is 3.77. The van der Waals surface area contributed by atoms with Crippen LogP contribution in [0.25, 0.3) is 6.08 Å². The van der Waals surface area contributed by atoms with E-state index >= 15 is 0 Å². The summed E-state index contributed by atoms with van der Waals surface area (Å²) in [6.07, 6.45) is 3.98. The van der Waals surface area contributed by atoms with Gasteiger partial charge in [0.15, 0.2) is 0 Å². The van der Waals surface area contributed by atoms with E-state index in [0.29, 0.717) is 0 Å². The second-order valence-electron chi connectivity index (χ2n) is 2.27. The number of aromatic hydroxyl groups is 1. The topological polar surface area (TPSA) is 20.2 Å². The average Bonchev–Trinajstić information content (AvgIpc) is 2.07. The maximum absolute atomic E-state index is 9.19. The van der Waals surface area contributed by atoms with Gasteiger partial charge in [-0.25, -0.2) is 0 Å². The van der Waals surface area contributed by atoms with E-state index in [-0.39, 0.29) is 5.75 Å². The Morgan fingerprint density at radius 3 is 2.75 bits per heavy atom. The van der Waals surface area contributed by atoms with Crippen LogP contribution < -0.4 is 0 Å². The van der Waals surface area contributed by atoms with Crippen molar-refractivity contribution in [2.24, 2.45) is 0 Å². The van der Waals surface area contributed by atoms with Gasteiger partial charge in [-0.2, -0.15) is 0 Å². The summed E-state index contributed by atoms with van der Waals surface area (Å²) >= 11 is 6.53. The molecule has 0 aromatic heterocycles. The van der Waals surface area contributed by atoms with Gasteiger partial charge in [0.2, 0.25) is 0 Å². The molecule has 0 aliphatic rings. The number of phenolic OH excluding ortho intramolecular Hbond substituents is 1. The van der Waals surface area contributed by atoms with E-state index in [4.69, 9.17) is 0 Å². The summed E-state index contributed by atoms with van der Waals surface area (Å²) in [6.45, 7) is 0. The first-order valence-electron chi connectivity index (χ1n) is 3.45. The molecule has 0 radical (unpaired) electrons. The Morgan fingerprint density at radius 2 is 2.17 bits per heavy atom. The summed E-state index contributed by atoms with van der Waals surface area (Å²) in [5.74, 6) is 0.269. The van der Waals surface area contributed by atoms with Gasteiger partial charge in [-0.1, -0.05) is 34.1 Å². The van der Waals surface area contributed by atoms with Crippen molar-refractivity contribution < 1.29 is 5.11 Å². The van der Waals surface area contributed by atoms with E-state index in [9.17, 15) is 5.11 Å². The van der Waals surface area contributed by atoms with Crippen LogP contribution in [0.15, 0.2) is 28.7 Å². The van der Waals surface area contributed by atoms with Gasteiger partial charge >= 0.3 is 0 Å². The zero-order valence-corrected chi connectivity index (χ0v) is 9.47. The van der Waals surface area contributed by atoms with Gasteiger partial charge < -0.3 is 5.11 Å². The van der Waals surface area contributed by atoms with Crippen LogP contribution >= 0.6 is 31.9 Å². The maximum atomic E-state index is 9.19. The standard InChI is InChI=1S/C9H8Br2O/c10-5-1-2-7-3-4-9(12)8(11)6-7/h1-4,6,12H,5H2. The summed E-state index contributed by atoms with van der Waals surface area (Å²) < 4.78 is 0.722. The molecule has 0 atom stereocenters. The van der Waals surface area contributed by atoms with Crippen molar-refractivity contribution in [1.82, 2.24) is 0 Å². The fourth-order valence-electron chi connectivity index (χ4n) is 0.807. The number of hydrogen-bond acceptors (Lipinski definition) is 1. The molecule has 0 heterocycles. The largest absolute Gasteiger partial charge is 0.507 e. The lowest BCUT2D eigenvalue weighted by Gasteiger charge is -1.97. The van der Waals surface area contributed by atoms with Gasteiger partial charge in [-0.15, -0.1) is 0 Å². The molecule has 0 saturated carbocycles. The first-order valence-corrected chi connectivity index (χ1v) is 5.36. The molecule has 1 aromatic carbocycles. The second kappa shape index (κ2) is 4.67. The third kappa shape index (κ3) is 2.64. The molecule has 0 aliphatic heterocycles. The Morgan fingerprint density at radius 1 is 1.42 bits per heavy atom. The fourth-order valence-corrected chi connectivity index (χ4v) is 1.39. The van der Waals surface area contributed by atoms with Crippen LogP contribution in [-0.4, -0.2) is 10.4 Å². The van der Waals surface area contributed by atoms with Crippen LogP contribution in [0.5, 0.6) is 5.75 Å². The zero-order chi connectivity index (χ0) is 8.97. The number of alkyl halides is 1. The van der Waals surface area contributed by atoms with E-state index in [1.54, 1.807) is 6.07 Å². The fraction of sp³-hybridized carbons (Fsp3) is 0.111. The molecule has 1 aromatic rings. The highest BCUT2D eigenvalue weighted by Crippen LogP contribution is 2.24. The van der Waals surface area contributed by atoms with Crippen molar-refractivity contribution >= 4 is 37.9 Å². The Bertz CT molecular complexity index is 295. The summed E-state index contributed by atoms with van der Waals surface area (Å²) in [6, 6.07) is 5.39. The van der Waals surface area contributed by atoms with Gasteiger partial charge in [-0.3, -0.25) is 0 Å². The summed E-state index contributed by atoms with van der Waals surface area (Å²) in [4.78, 5) is 0. The number of phenols is 1. The van der Waals surface area contributed by atoms with Crippen LogP contribution in [0.4, 0.5) is 0 Å². The quantitative estimate of drug-likeness (QED) is 0.826. The van der Waals surface area contributed by atoms with E-state index in [1.165, 1.54) is 0 Å². The third-order valence-corrected chi connectivity index (χ3v) is 2.38. The molecule has 0 fully saturated rings. The van der Waals surface area contributed by atoms with Crippen LogP contribution in [0.1, 0.15) is 5.56 Å². The first kappa shape index (κ1) is 9.81. The first-order chi connectivity index (χ1) is 5.74. The predicted octanol–water partition coefficient (Wildman–Crippen LogP) is 3.56. The average molecular weight is 292 g/mol. The van der Waals surface area contributed by atoms with Crippen molar-refractivity contribution in [3.63, 3.8) is 0 Å². The minimum atomic E-state index is 0.269. The van der Waals surface area contributed by atoms with Crippen molar-refractivity contribution in [1.29, 1.82) is 0 Å². The highest BCUT2D eigenvalue weighted by Gasteiger charge is 1.95. The van der Waals surface area contributed by atoms with Crippen LogP contribution in [0, 0.1) is 0 Å². The monoisotopic (exact) mass is 290 g/mol. The van der Waals surface area contributed by atoms with E-state index in [2.05, 4.69) is 31.9 Å². The Kier molecular flexibility index (Phi) is 3.82. The van der Waals surface area contributed by atoms with Crippen LogP contribution in [0.2, 0.25) is 0 Å². The van der Waals surface area contributed by atoms with E-state index in [0.717, 1.165) is 15.4 Å². The molecule has 0 unspecified atom stereocenters. The lowest BCUT2D eigenvalue weighted by atomic mass is 10.2. The molecule has 0 bridgehead atoms. The number of halogens is 2. The number of benzene rings is 1. The third-order valence-electron chi connectivity index (χ3n) is 1.37. The number of allylic oxidation sites excluding steroid dienone is 1. The minimum Gasteiger partial charge on any atom is -0.507 e. The van der Waals surface area contributed by atoms with Gasteiger partial charge in [-0.05, 0) is 33.6 Å². The Hall–Kier alpha value is -0.280. The molecular weight excluding hydrogens is 284 g/mol. The summed E-state index contributed by atoms with van der Waals surface area (Å²) in [5.41, 5.74) is 1.07. The lowest BCUT2D eigenvalue weighted by Crippen LogP contribution is -1.73. The highest BCUT2D eigenvalue weighted by molar-refractivity contribution is 9.10. The van der Waals surface area contributed by atoms with Crippen molar-refractivity contribution in [3.05, 3.63) is 34.3 Å². The van der Waals surface area contributed by atoms with Crippen molar-refractivity contribution in [2.75, 3.05) is 5.33 Å². The van der Waals surface area contributed by atoms with E-state index in [1.807, 2.05) is 24.3 Å². The SMILES string of the molecule is Oc1ccc(C=CCBr)cc1Br. The van der Waals surface area contributed by atoms with Crippen LogP contribution in [0.3, 0.4) is 0 Å². The molecule has 1 N–H and O–H groups in total. The molecule has 12 heavy (non-hydrogen) atoms. The van der Waals surface area contributed by atoms with E-state index < -0.39 is 0 Å². The number of hydrogen-bond donors (Lipinski definition) is 1. The molecule has 0 amide bonds. The summed E-state index contributed by atoms with van der Waals surface area (Å²) in [7, 11) is 0. The molecule has 3 heteroatoms. The Balaban J connectivity index is 2.89. The van der Waals surface area contributed by atoms with Gasteiger partial charge in [0.1, 0.15) is 5.75 Å². The van der Waals surface area contributed by atoms with Crippen molar-refractivity contribution in [2.45, 2.75) is 0 Å². The lowest BCUT2D eigenvalue weighted by molar-refractivity contribution is 0.472. The highest BCUT2D eigenvalue weighted by atomic mass is 79.9. The molecule has 0 aliphatic carbocycles. The smallest absolute Gasteiger partial charge is 0.129 e. The minimum absolute atomic E-state index is 0.269. The van der Waals surface area contributed by atoms with Gasteiger partial charge in [0.25, 0.3) is 0 Å². The normalized spacial score (nSPS) is 10.8. The molecule has 0 spiro atoms. The predicted molar refractivity (Wildman–Crippen MR) is 58.6 cm³/mol. The number of rotatable bonds is 2. The molecule has 1 rings (SSSR count). The zero-order valence-electron chi connectivity index (χ0n) is 6.30.